The standard InChI is InChI=1S/C25H31N3O2/c1-4-24(29)27-14-7-11-22(27)25-26-20-9-5-6-10-21(20)28(25)15-8-16-30-23-17-18(2)12-13-19(23)3/h5-6,9-10,12-13,17,22H,4,7-8,11,14-16H2,1-3H3/t22-/m1/s1. The van der Waals surface area contributed by atoms with E-state index in [1.165, 1.54) is 5.56 Å². The van der Waals surface area contributed by atoms with Gasteiger partial charge in [0.25, 0.3) is 0 Å². The molecule has 1 amide bonds. The van der Waals surface area contributed by atoms with Crippen LogP contribution >= 0.6 is 0 Å². The van der Waals surface area contributed by atoms with Crippen LogP contribution in [0.4, 0.5) is 0 Å². The van der Waals surface area contributed by atoms with Gasteiger partial charge in [-0.2, -0.15) is 0 Å². The fourth-order valence-electron chi connectivity index (χ4n) is 4.39. The Morgan fingerprint density at radius 1 is 1.20 bits per heavy atom. The first-order chi connectivity index (χ1) is 14.6. The average Bonchev–Trinajstić information content (AvgIpc) is 3.37. The molecule has 1 aliphatic heterocycles. The summed E-state index contributed by atoms with van der Waals surface area (Å²) in [5, 5.41) is 0. The third-order valence-electron chi connectivity index (χ3n) is 5.98. The van der Waals surface area contributed by atoms with Crippen molar-refractivity contribution in [3.63, 3.8) is 0 Å². The molecule has 0 spiro atoms. The molecule has 0 unspecified atom stereocenters. The lowest BCUT2D eigenvalue weighted by Gasteiger charge is -2.25. The molecule has 1 saturated heterocycles. The summed E-state index contributed by atoms with van der Waals surface area (Å²) >= 11 is 0. The van der Waals surface area contributed by atoms with Gasteiger partial charge in [0.05, 0.1) is 23.7 Å². The van der Waals surface area contributed by atoms with Crippen molar-refractivity contribution in [1.29, 1.82) is 0 Å². The largest absolute Gasteiger partial charge is 0.493 e. The summed E-state index contributed by atoms with van der Waals surface area (Å²) in [5.74, 6) is 2.19. The zero-order valence-electron chi connectivity index (χ0n) is 18.2. The lowest BCUT2D eigenvalue weighted by atomic mass is 10.1. The molecule has 0 saturated carbocycles. The molecule has 1 aromatic heterocycles. The Morgan fingerprint density at radius 3 is 2.87 bits per heavy atom. The van der Waals surface area contributed by atoms with E-state index in [-0.39, 0.29) is 11.9 Å². The van der Waals surface area contributed by atoms with Crippen molar-refractivity contribution in [2.45, 2.75) is 59.0 Å². The van der Waals surface area contributed by atoms with Crippen molar-refractivity contribution in [3.8, 4) is 5.75 Å². The maximum absolute atomic E-state index is 12.5. The maximum atomic E-state index is 12.5. The molecule has 0 bridgehead atoms. The first kappa shape index (κ1) is 20.5. The molecule has 1 fully saturated rings. The number of rotatable bonds is 7. The molecule has 158 valence electrons. The number of para-hydroxylation sites is 2. The predicted molar refractivity (Wildman–Crippen MR) is 120 cm³/mol. The molecule has 1 atom stereocenters. The fraction of sp³-hybridized carbons (Fsp3) is 0.440. The maximum Gasteiger partial charge on any atom is 0.222 e. The highest BCUT2D eigenvalue weighted by molar-refractivity contribution is 5.78. The molecule has 2 heterocycles. The van der Waals surface area contributed by atoms with Gasteiger partial charge >= 0.3 is 0 Å². The Labute approximate surface area is 178 Å². The Kier molecular flexibility index (Phi) is 6.07. The van der Waals surface area contributed by atoms with Gasteiger partial charge in [0.15, 0.2) is 0 Å². The van der Waals surface area contributed by atoms with E-state index < -0.39 is 0 Å². The zero-order valence-corrected chi connectivity index (χ0v) is 18.2. The van der Waals surface area contributed by atoms with E-state index in [0.717, 1.165) is 60.5 Å². The quantitative estimate of drug-likeness (QED) is 0.508. The SMILES string of the molecule is CCC(=O)N1CCC[C@@H]1c1nc2ccccc2n1CCCOc1cc(C)ccc1C. The predicted octanol–water partition coefficient (Wildman–Crippen LogP) is 5.20. The highest BCUT2D eigenvalue weighted by Crippen LogP contribution is 2.34. The number of carbonyl (C=O) groups excluding carboxylic acids is 1. The smallest absolute Gasteiger partial charge is 0.222 e. The van der Waals surface area contributed by atoms with Crippen molar-refractivity contribution in [2.24, 2.45) is 0 Å². The van der Waals surface area contributed by atoms with Gasteiger partial charge in [-0.15, -0.1) is 0 Å². The molecule has 5 heteroatoms. The van der Waals surface area contributed by atoms with E-state index in [2.05, 4.69) is 54.8 Å². The minimum atomic E-state index is 0.0739. The van der Waals surface area contributed by atoms with Crippen molar-refractivity contribution in [1.82, 2.24) is 14.5 Å². The van der Waals surface area contributed by atoms with Crippen LogP contribution in [0.3, 0.4) is 0 Å². The third-order valence-corrected chi connectivity index (χ3v) is 5.98. The van der Waals surface area contributed by atoms with Gasteiger partial charge in [0.2, 0.25) is 5.91 Å². The Morgan fingerprint density at radius 2 is 2.03 bits per heavy atom. The number of hydrogen-bond donors (Lipinski definition) is 0. The van der Waals surface area contributed by atoms with E-state index in [9.17, 15) is 4.79 Å². The van der Waals surface area contributed by atoms with Crippen LogP contribution in [-0.2, 0) is 11.3 Å². The van der Waals surface area contributed by atoms with Crippen molar-refractivity contribution < 1.29 is 9.53 Å². The third kappa shape index (κ3) is 4.07. The Balaban J connectivity index is 1.53. The molecule has 30 heavy (non-hydrogen) atoms. The van der Waals surface area contributed by atoms with Gasteiger partial charge in [-0.05, 0) is 62.4 Å². The van der Waals surface area contributed by atoms with E-state index in [1.54, 1.807) is 0 Å². The first-order valence-electron chi connectivity index (χ1n) is 11.0. The molecule has 1 aliphatic rings. The normalized spacial score (nSPS) is 16.4. The summed E-state index contributed by atoms with van der Waals surface area (Å²) in [7, 11) is 0. The second-order valence-electron chi connectivity index (χ2n) is 8.18. The summed E-state index contributed by atoms with van der Waals surface area (Å²) < 4.78 is 8.37. The molecule has 4 rings (SSSR count). The van der Waals surface area contributed by atoms with Gasteiger partial charge < -0.3 is 14.2 Å². The monoisotopic (exact) mass is 405 g/mol. The Bertz CT molecular complexity index is 1040. The summed E-state index contributed by atoms with van der Waals surface area (Å²) in [4.78, 5) is 19.4. The number of hydrogen-bond acceptors (Lipinski definition) is 3. The van der Waals surface area contributed by atoms with E-state index >= 15 is 0 Å². The van der Waals surface area contributed by atoms with E-state index in [0.29, 0.717) is 13.0 Å². The van der Waals surface area contributed by atoms with E-state index in [1.807, 2.05) is 17.9 Å². The summed E-state index contributed by atoms with van der Waals surface area (Å²) in [6.07, 6.45) is 3.44. The van der Waals surface area contributed by atoms with Gasteiger partial charge in [-0.1, -0.05) is 31.2 Å². The number of carbonyl (C=O) groups is 1. The molecule has 5 nitrogen and oxygen atoms in total. The number of imidazole rings is 1. The molecule has 0 radical (unpaired) electrons. The molecule has 0 N–H and O–H groups in total. The molecular formula is C25H31N3O2. The average molecular weight is 406 g/mol. The zero-order chi connectivity index (χ0) is 21.1. The van der Waals surface area contributed by atoms with E-state index in [4.69, 9.17) is 9.72 Å². The number of nitrogens with zero attached hydrogens (tertiary/aromatic N) is 3. The minimum absolute atomic E-state index is 0.0739. The highest BCUT2D eigenvalue weighted by Gasteiger charge is 2.32. The molecule has 2 aromatic carbocycles. The second kappa shape index (κ2) is 8.90. The van der Waals surface area contributed by atoms with Gasteiger partial charge in [-0.3, -0.25) is 4.79 Å². The van der Waals surface area contributed by atoms with Crippen LogP contribution in [0, 0.1) is 13.8 Å². The number of aryl methyl sites for hydroxylation is 3. The van der Waals surface area contributed by atoms with Crippen LogP contribution in [-0.4, -0.2) is 33.5 Å². The van der Waals surface area contributed by atoms with Gasteiger partial charge in [0, 0.05) is 19.5 Å². The topological polar surface area (TPSA) is 47.4 Å². The van der Waals surface area contributed by atoms with Gasteiger partial charge in [0.1, 0.15) is 11.6 Å². The number of fused-ring (bicyclic) bond motifs is 1. The fourth-order valence-corrected chi connectivity index (χ4v) is 4.39. The number of amides is 1. The van der Waals surface area contributed by atoms with Crippen LogP contribution in [0.1, 0.15) is 55.6 Å². The lowest BCUT2D eigenvalue weighted by molar-refractivity contribution is -0.131. The van der Waals surface area contributed by atoms with Gasteiger partial charge in [-0.25, -0.2) is 4.98 Å². The van der Waals surface area contributed by atoms with Crippen LogP contribution in [0.25, 0.3) is 11.0 Å². The highest BCUT2D eigenvalue weighted by atomic mass is 16.5. The molecular weight excluding hydrogens is 374 g/mol. The number of likely N-dealkylation sites (tertiary alicyclic amines) is 1. The van der Waals surface area contributed by atoms with Crippen LogP contribution in [0.5, 0.6) is 5.75 Å². The number of ether oxygens (including phenoxy) is 1. The van der Waals surface area contributed by atoms with Crippen molar-refractivity contribution >= 4 is 16.9 Å². The summed E-state index contributed by atoms with van der Waals surface area (Å²) in [6, 6.07) is 14.6. The lowest BCUT2D eigenvalue weighted by Crippen LogP contribution is -2.31. The number of aromatic nitrogens is 2. The minimum Gasteiger partial charge on any atom is -0.493 e. The summed E-state index contributed by atoms with van der Waals surface area (Å²) in [5.41, 5.74) is 4.50. The Hall–Kier alpha value is -2.82. The van der Waals surface area contributed by atoms with Crippen molar-refractivity contribution in [3.05, 3.63) is 59.4 Å². The van der Waals surface area contributed by atoms with Crippen LogP contribution < -0.4 is 4.74 Å². The summed E-state index contributed by atoms with van der Waals surface area (Å²) in [6.45, 7) is 8.41. The van der Waals surface area contributed by atoms with Crippen LogP contribution in [0.2, 0.25) is 0 Å². The van der Waals surface area contributed by atoms with Crippen LogP contribution in [0.15, 0.2) is 42.5 Å². The second-order valence-corrected chi connectivity index (χ2v) is 8.18. The molecule has 3 aromatic rings. The molecule has 0 aliphatic carbocycles. The van der Waals surface area contributed by atoms with Crippen molar-refractivity contribution in [2.75, 3.05) is 13.2 Å². The first-order valence-corrected chi connectivity index (χ1v) is 11.0. The number of benzene rings is 2.